The number of hydrogen-bond acceptors (Lipinski definition) is 2. The Bertz CT molecular complexity index is 429. The van der Waals surface area contributed by atoms with E-state index in [4.69, 9.17) is 17.3 Å². The van der Waals surface area contributed by atoms with Gasteiger partial charge >= 0.3 is 0 Å². The van der Waals surface area contributed by atoms with Crippen molar-refractivity contribution < 1.29 is 4.79 Å². The molecular weight excluding hydrogens is 304 g/mol. The minimum atomic E-state index is -0.558. The van der Waals surface area contributed by atoms with E-state index in [0.29, 0.717) is 10.7 Å². The molecule has 0 aliphatic heterocycles. The van der Waals surface area contributed by atoms with E-state index in [1.165, 1.54) is 0 Å². The van der Waals surface area contributed by atoms with Crippen molar-refractivity contribution in [2.75, 3.05) is 5.32 Å². The quantitative estimate of drug-likeness (QED) is 0.877. The maximum Gasteiger partial charge on any atom is 0.241 e. The molecule has 0 aliphatic carbocycles. The fourth-order valence-corrected chi connectivity index (χ4v) is 1.68. The lowest BCUT2D eigenvalue weighted by molar-refractivity contribution is -0.119. The molecule has 1 aromatic carbocycles. The van der Waals surface area contributed by atoms with Crippen LogP contribution in [0.5, 0.6) is 0 Å². The van der Waals surface area contributed by atoms with E-state index in [9.17, 15) is 4.79 Å². The largest absolute Gasteiger partial charge is 0.325 e. The Kier molecular flexibility index (Phi) is 4.58. The second kappa shape index (κ2) is 5.38. The molecule has 1 atom stereocenters. The van der Waals surface area contributed by atoms with Crippen LogP contribution in [0.3, 0.4) is 0 Å². The Balaban J connectivity index is 2.78. The second-order valence-electron chi connectivity index (χ2n) is 4.96. The van der Waals surface area contributed by atoms with Crippen LogP contribution in [0.1, 0.15) is 20.8 Å². The fourth-order valence-electron chi connectivity index (χ4n) is 1.19. The van der Waals surface area contributed by atoms with Gasteiger partial charge in [0.05, 0.1) is 11.1 Å². The molecule has 0 saturated heterocycles. The van der Waals surface area contributed by atoms with E-state index in [1.807, 2.05) is 20.8 Å². The molecular formula is C12H16BrClN2O. The van der Waals surface area contributed by atoms with Crippen molar-refractivity contribution in [3.05, 3.63) is 27.7 Å². The molecule has 3 N–H and O–H groups in total. The molecule has 1 amide bonds. The number of carbonyl (C=O) groups excluding carboxylic acids is 1. The first-order chi connectivity index (χ1) is 7.71. The van der Waals surface area contributed by atoms with E-state index >= 15 is 0 Å². The lowest BCUT2D eigenvalue weighted by Crippen LogP contribution is -2.45. The summed E-state index contributed by atoms with van der Waals surface area (Å²) in [5.41, 5.74) is 6.26. The molecule has 0 saturated carbocycles. The summed E-state index contributed by atoms with van der Waals surface area (Å²) in [6.45, 7) is 5.78. The number of nitrogens with two attached hydrogens (primary N) is 1. The van der Waals surface area contributed by atoms with E-state index in [0.717, 1.165) is 4.47 Å². The predicted octanol–water partition coefficient (Wildman–Crippen LogP) is 3.41. The van der Waals surface area contributed by atoms with Crippen molar-refractivity contribution in [2.45, 2.75) is 26.8 Å². The molecule has 0 radical (unpaired) electrons. The van der Waals surface area contributed by atoms with Gasteiger partial charge in [-0.2, -0.15) is 0 Å². The first kappa shape index (κ1) is 14.5. The van der Waals surface area contributed by atoms with Gasteiger partial charge in [0.1, 0.15) is 0 Å². The Morgan fingerprint density at radius 1 is 1.47 bits per heavy atom. The summed E-state index contributed by atoms with van der Waals surface area (Å²) in [5.74, 6) is -0.202. The van der Waals surface area contributed by atoms with Crippen LogP contribution in [0.4, 0.5) is 5.69 Å². The highest BCUT2D eigenvalue weighted by molar-refractivity contribution is 9.10. The lowest BCUT2D eigenvalue weighted by Gasteiger charge is -2.25. The van der Waals surface area contributed by atoms with E-state index in [2.05, 4.69) is 21.2 Å². The van der Waals surface area contributed by atoms with Crippen molar-refractivity contribution in [3.63, 3.8) is 0 Å². The molecule has 0 aliphatic rings. The summed E-state index contributed by atoms with van der Waals surface area (Å²) in [5, 5.41) is 3.36. The molecule has 5 heteroatoms. The highest BCUT2D eigenvalue weighted by Crippen LogP contribution is 2.26. The lowest BCUT2D eigenvalue weighted by atomic mass is 9.87. The van der Waals surface area contributed by atoms with Gasteiger partial charge in [0, 0.05) is 10.2 Å². The minimum Gasteiger partial charge on any atom is -0.325 e. The van der Waals surface area contributed by atoms with Crippen LogP contribution >= 0.6 is 27.5 Å². The first-order valence-electron chi connectivity index (χ1n) is 5.23. The van der Waals surface area contributed by atoms with Crippen LogP contribution in [-0.4, -0.2) is 11.9 Å². The average Bonchev–Trinajstić information content (AvgIpc) is 2.21. The fraction of sp³-hybridized carbons (Fsp3) is 0.417. The molecule has 17 heavy (non-hydrogen) atoms. The van der Waals surface area contributed by atoms with E-state index in [1.54, 1.807) is 18.2 Å². The minimum absolute atomic E-state index is 0.202. The Morgan fingerprint density at radius 3 is 2.53 bits per heavy atom. The van der Waals surface area contributed by atoms with E-state index in [-0.39, 0.29) is 11.3 Å². The number of amides is 1. The predicted molar refractivity (Wildman–Crippen MR) is 75.2 cm³/mol. The molecule has 0 aromatic heterocycles. The summed E-state index contributed by atoms with van der Waals surface area (Å²) >= 11 is 9.17. The van der Waals surface area contributed by atoms with Crippen molar-refractivity contribution in [2.24, 2.45) is 11.1 Å². The van der Waals surface area contributed by atoms with Gasteiger partial charge in [-0.3, -0.25) is 4.79 Å². The Morgan fingerprint density at radius 2 is 2.06 bits per heavy atom. The molecule has 3 nitrogen and oxygen atoms in total. The van der Waals surface area contributed by atoms with Crippen LogP contribution < -0.4 is 11.1 Å². The molecule has 1 aromatic rings. The molecule has 0 fully saturated rings. The van der Waals surface area contributed by atoms with Gasteiger partial charge in [0.15, 0.2) is 0 Å². The molecule has 94 valence electrons. The van der Waals surface area contributed by atoms with Crippen molar-refractivity contribution in [3.8, 4) is 0 Å². The topological polar surface area (TPSA) is 55.1 Å². The van der Waals surface area contributed by atoms with Crippen LogP contribution in [0.25, 0.3) is 0 Å². The van der Waals surface area contributed by atoms with Gasteiger partial charge < -0.3 is 11.1 Å². The number of rotatable bonds is 2. The molecule has 1 rings (SSSR count). The van der Waals surface area contributed by atoms with Crippen LogP contribution in [0, 0.1) is 5.41 Å². The Labute approximate surface area is 115 Å². The zero-order valence-corrected chi connectivity index (χ0v) is 12.4. The van der Waals surface area contributed by atoms with Crippen LogP contribution in [-0.2, 0) is 4.79 Å². The average molecular weight is 320 g/mol. The van der Waals surface area contributed by atoms with E-state index < -0.39 is 6.04 Å². The monoisotopic (exact) mass is 318 g/mol. The summed E-state index contributed by atoms with van der Waals surface area (Å²) in [4.78, 5) is 11.9. The van der Waals surface area contributed by atoms with Gasteiger partial charge in [0.25, 0.3) is 0 Å². The highest BCUT2D eigenvalue weighted by atomic mass is 79.9. The SMILES string of the molecule is CC(C)(C)[C@@H](N)C(=O)Nc1ccc(Cl)c(Br)c1. The number of benzene rings is 1. The third kappa shape index (κ3) is 3.98. The van der Waals surface area contributed by atoms with Gasteiger partial charge in [-0.05, 0) is 39.5 Å². The van der Waals surface area contributed by atoms with Crippen molar-refractivity contribution in [1.82, 2.24) is 0 Å². The highest BCUT2D eigenvalue weighted by Gasteiger charge is 2.27. The van der Waals surface area contributed by atoms with Crippen molar-refractivity contribution in [1.29, 1.82) is 0 Å². The van der Waals surface area contributed by atoms with Gasteiger partial charge in [-0.25, -0.2) is 0 Å². The van der Waals surface area contributed by atoms with Gasteiger partial charge in [-0.1, -0.05) is 32.4 Å². The molecule has 0 bridgehead atoms. The molecule has 0 heterocycles. The third-order valence-electron chi connectivity index (χ3n) is 2.40. The number of nitrogens with one attached hydrogen (secondary N) is 1. The standard InChI is InChI=1S/C12H16BrClN2O/c1-12(2,3)10(15)11(17)16-7-4-5-9(14)8(13)6-7/h4-6,10H,15H2,1-3H3,(H,16,17)/t10-/m0/s1. The number of hydrogen-bond donors (Lipinski definition) is 2. The maximum atomic E-state index is 11.9. The summed E-state index contributed by atoms with van der Waals surface area (Å²) < 4.78 is 0.737. The van der Waals surface area contributed by atoms with Crippen molar-refractivity contribution >= 4 is 39.1 Å². The number of carbonyl (C=O) groups is 1. The molecule has 0 unspecified atom stereocenters. The number of anilines is 1. The van der Waals surface area contributed by atoms with Gasteiger partial charge in [0.2, 0.25) is 5.91 Å². The third-order valence-corrected chi connectivity index (χ3v) is 3.62. The summed E-state index contributed by atoms with van der Waals surface area (Å²) in [6.07, 6.45) is 0. The number of halogens is 2. The van der Waals surface area contributed by atoms with Gasteiger partial charge in [-0.15, -0.1) is 0 Å². The zero-order valence-electron chi connectivity index (χ0n) is 10.1. The summed E-state index contributed by atoms with van der Waals surface area (Å²) in [7, 11) is 0. The second-order valence-corrected chi connectivity index (χ2v) is 6.22. The van der Waals surface area contributed by atoms with Crippen LogP contribution in [0.2, 0.25) is 5.02 Å². The van der Waals surface area contributed by atoms with Crippen LogP contribution in [0.15, 0.2) is 22.7 Å². The summed E-state index contributed by atoms with van der Waals surface area (Å²) in [6, 6.07) is 4.64. The Hall–Kier alpha value is -0.580. The maximum absolute atomic E-state index is 11.9. The smallest absolute Gasteiger partial charge is 0.241 e. The molecule has 0 spiro atoms. The normalized spacial score (nSPS) is 13.3. The first-order valence-corrected chi connectivity index (χ1v) is 6.40. The zero-order chi connectivity index (χ0) is 13.2.